The van der Waals surface area contributed by atoms with Crippen LogP contribution in [0.5, 0.6) is 0 Å². The molecular weight excluding hydrogens is 321 g/mol. The Hall–Kier alpha value is -2.73. The molecule has 3 aromatic rings. The Bertz CT molecular complexity index is 833. The van der Waals surface area contributed by atoms with Crippen LogP contribution in [-0.2, 0) is 6.54 Å². The van der Waals surface area contributed by atoms with E-state index in [2.05, 4.69) is 15.5 Å². The molecule has 0 bridgehead atoms. The Morgan fingerprint density at radius 3 is 2.70 bits per heavy atom. The highest BCUT2D eigenvalue weighted by molar-refractivity contribution is 6.30. The van der Waals surface area contributed by atoms with Gasteiger partial charge in [0, 0.05) is 16.1 Å². The van der Waals surface area contributed by atoms with E-state index in [-0.39, 0.29) is 30.1 Å². The fourth-order valence-electron chi connectivity index (χ4n) is 1.92. The minimum absolute atomic E-state index is 0.0829. The Morgan fingerprint density at radius 2 is 1.96 bits per heavy atom. The van der Waals surface area contributed by atoms with Crippen molar-refractivity contribution in [3.05, 3.63) is 70.8 Å². The molecule has 1 N–H and O–H groups in total. The van der Waals surface area contributed by atoms with Crippen molar-refractivity contribution in [2.75, 3.05) is 0 Å². The van der Waals surface area contributed by atoms with Crippen molar-refractivity contribution in [3.63, 3.8) is 0 Å². The van der Waals surface area contributed by atoms with E-state index in [9.17, 15) is 9.18 Å². The van der Waals surface area contributed by atoms with Crippen molar-refractivity contribution < 1.29 is 13.6 Å². The predicted molar refractivity (Wildman–Crippen MR) is 82.3 cm³/mol. The van der Waals surface area contributed by atoms with E-state index in [1.54, 1.807) is 24.3 Å². The van der Waals surface area contributed by atoms with Gasteiger partial charge in [-0.05, 0) is 42.5 Å². The number of halogens is 2. The first-order chi connectivity index (χ1) is 11.1. The van der Waals surface area contributed by atoms with Crippen LogP contribution in [0.25, 0.3) is 11.5 Å². The molecule has 1 amide bonds. The summed E-state index contributed by atoms with van der Waals surface area (Å²) < 4.78 is 18.3. The number of nitrogens with one attached hydrogen (secondary N) is 1. The fraction of sp³-hybridized carbons (Fsp3) is 0.0625. The average Bonchev–Trinajstić information content (AvgIpc) is 3.02. The summed E-state index contributed by atoms with van der Waals surface area (Å²) in [5.74, 6) is -0.131. The molecule has 1 heterocycles. The maximum Gasteiger partial charge on any atom is 0.251 e. The van der Waals surface area contributed by atoms with Crippen LogP contribution in [0.15, 0.2) is 52.9 Å². The van der Waals surface area contributed by atoms with Crippen LogP contribution in [0, 0.1) is 5.82 Å². The lowest BCUT2D eigenvalue weighted by Gasteiger charge is -2.02. The number of nitrogens with zero attached hydrogens (tertiary/aromatic N) is 2. The fourth-order valence-corrected chi connectivity index (χ4v) is 2.11. The number of aromatic nitrogens is 2. The summed E-state index contributed by atoms with van der Waals surface area (Å²) in [7, 11) is 0. The monoisotopic (exact) mass is 331 g/mol. The molecule has 0 fully saturated rings. The maximum absolute atomic E-state index is 12.9. The topological polar surface area (TPSA) is 68.0 Å². The van der Waals surface area contributed by atoms with E-state index < -0.39 is 0 Å². The lowest BCUT2D eigenvalue weighted by atomic mass is 10.2. The van der Waals surface area contributed by atoms with E-state index >= 15 is 0 Å². The zero-order valence-electron chi connectivity index (χ0n) is 11.8. The van der Waals surface area contributed by atoms with Crippen LogP contribution in [0.1, 0.15) is 16.2 Å². The van der Waals surface area contributed by atoms with Gasteiger partial charge in [-0.1, -0.05) is 17.7 Å². The van der Waals surface area contributed by atoms with Gasteiger partial charge < -0.3 is 9.73 Å². The van der Waals surface area contributed by atoms with Crippen molar-refractivity contribution in [1.29, 1.82) is 0 Å². The molecule has 0 atom stereocenters. The molecule has 0 aliphatic heterocycles. The first kappa shape index (κ1) is 15.2. The number of carbonyl (C=O) groups is 1. The van der Waals surface area contributed by atoms with Gasteiger partial charge in [0.1, 0.15) is 5.82 Å². The largest absolute Gasteiger partial charge is 0.419 e. The van der Waals surface area contributed by atoms with Crippen LogP contribution in [0.2, 0.25) is 5.02 Å². The number of rotatable bonds is 4. The van der Waals surface area contributed by atoms with Gasteiger partial charge in [-0.25, -0.2) is 4.39 Å². The molecule has 0 aliphatic carbocycles. The van der Waals surface area contributed by atoms with E-state index in [4.69, 9.17) is 16.0 Å². The highest BCUT2D eigenvalue weighted by Gasteiger charge is 2.11. The minimum Gasteiger partial charge on any atom is -0.419 e. The second-order valence-electron chi connectivity index (χ2n) is 4.70. The van der Waals surface area contributed by atoms with Crippen molar-refractivity contribution >= 4 is 17.5 Å². The van der Waals surface area contributed by atoms with Crippen LogP contribution >= 0.6 is 11.6 Å². The third-order valence-corrected chi connectivity index (χ3v) is 3.28. The highest BCUT2D eigenvalue weighted by atomic mass is 35.5. The van der Waals surface area contributed by atoms with Gasteiger partial charge in [0.2, 0.25) is 11.8 Å². The first-order valence-electron chi connectivity index (χ1n) is 6.74. The van der Waals surface area contributed by atoms with E-state index in [0.717, 1.165) is 0 Å². The van der Waals surface area contributed by atoms with E-state index in [1.807, 2.05) is 0 Å². The van der Waals surface area contributed by atoms with Crippen molar-refractivity contribution in [2.45, 2.75) is 6.54 Å². The summed E-state index contributed by atoms with van der Waals surface area (Å²) in [6, 6.07) is 12.3. The second-order valence-corrected chi connectivity index (χ2v) is 5.14. The van der Waals surface area contributed by atoms with Gasteiger partial charge in [-0.15, -0.1) is 10.2 Å². The van der Waals surface area contributed by atoms with Crippen molar-refractivity contribution in [3.8, 4) is 11.5 Å². The smallest absolute Gasteiger partial charge is 0.251 e. The Kier molecular flexibility index (Phi) is 4.34. The highest BCUT2D eigenvalue weighted by Crippen LogP contribution is 2.18. The van der Waals surface area contributed by atoms with Gasteiger partial charge >= 0.3 is 0 Å². The van der Waals surface area contributed by atoms with E-state index in [0.29, 0.717) is 16.1 Å². The third kappa shape index (κ3) is 3.73. The molecule has 0 aliphatic rings. The zero-order chi connectivity index (χ0) is 16.2. The molecule has 23 heavy (non-hydrogen) atoms. The first-order valence-corrected chi connectivity index (χ1v) is 7.12. The van der Waals surface area contributed by atoms with Gasteiger partial charge in [0.15, 0.2) is 0 Å². The summed E-state index contributed by atoms with van der Waals surface area (Å²) in [6.45, 7) is 0.0829. The van der Waals surface area contributed by atoms with Gasteiger partial charge in [-0.3, -0.25) is 4.79 Å². The summed E-state index contributed by atoms with van der Waals surface area (Å²) in [5, 5.41) is 10.9. The Morgan fingerprint density at radius 1 is 1.17 bits per heavy atom. The van der Waals surface area contributed by atoms with Crippen LogP contribution in [-0.4, -0.2) is 16.1 Å². The van der Waals surface area contributed by atoms with Crippen molar-refractivity contribution in [2.24, 2.45) is 0 Å². The Balaban J connectivity index is 1.65. The van der Waals surface area contributed by atoms with Crippen LogP contribution < -0.4 is 5.32 Å². The van der Waals surface area contributed by atoms with Gasteiger partial charge in [-0.2, -0.15) is 0 Å². The lowest BCUT2D eigenvalue weighted by molar-refractivity contribution is 0.0947. The van der Waals surface area contributed by atoms with Gasteiger partial charge in [0.05, 0.1) is 6.54 Å². The molecule has 0 radical (unpaired) electrons. The molecule has 116 valence electrons. The number of carbonyl (C=O) groups excluding carboxylic acids is 1. The van der Waals surface area contributed by atoms with E-state index in [1.165, 1.54) is 24.3 Å². The molecule has 0 spiro atoms. The van der Waals surface area contributed by atoms with Crippen LogP contribution in [0.4, 0.5) is 4.39 Å². The lowest BCUT2D eigenvalue weighted by Crippen LogP contribution is -2.22. The Labute approximate surface area is 136 Å². The predicted octanol–water partition coefficient (Wildman–Crippen LogP) is 3.46. The molecule has 3 rings (SSSR count). The molecule has 2 aromatic carbocycles. The SMILES string of the molecule is O=C(NCc1nnc(-c2ccc(F)cc2)o1)c1cccc(Cl)c1. The standard InChI is InChI=1S/C16H11ClFN3O2/c17-12-3-1-2-11(8-12)15(22)19-9-14-20-21-16(23-14)10-4-6-13(18)7-5-10/h1-8H,9H2,(H,19,22). The summed E-state index contributed by atoms with van der Waals surface area (Å²) >= 11 is 5.84. The molecule has 5 nitrogen and oxygen atoms in total. The molecule has 7 heteroatoms. The van der Waals surface area contributed by atoms with Gasteiger partial charge in [0.25, 0.3) is 5.91 Å². The summed E-state index contributed by atoms with van der Waals surface area (Å²) in [4.78, 5) is 12.0. The summed E-state index contributed by atoms with van der Waals surface area (Å²) in [6.07, 6.45) is 0. The third-order valence-electron chi connectivity index (χ3n) is 3.04. The normalized spacial score (nSPS) is 10.5. The number of amides is 1. The minimum atomic E-state index is -0.345. The number of benzene rings is 2. The van der Waals surface area contributed by atoms with Crippen molar-refractivity contribution in [1.82, 2.24) is 15.5 Å². The molecule has 0 saturated heterocycles. The molecule has 1 aromatic heterocycles. The number of hydrogen-bond acceptors (Lipinski definition) is 4. The number of hydrogen-bond donors (Lipinski definition) is 1. The molecule has 0 saturated carbocycles. The average molecular weight is 332 g/mol. The molecule has 0 unspecified atom stereocenters. The van der Waals surface area contributed by atoms with Crippen LogP contribution in [0.3, 0.4) is 0 Å². The summed E-state index contributed by atoms with van der Waals surface area (Å²) in [5.41, 5.74) is 1.04. The molecular formula is C16H11ClFN3O2. The zero-order valence-corrected chi connectivity index (χ0v) is 12.5. The quantitative estimate of drug-likeness (QED) is 0.795. The maximum atomic E-state index is 12.9. The second kappa shape index (κ2) is 6.58.